The van der Waals surface area contributed by atoms with E-state index in [0.717, 1.165) is 12.8 Å². The molecule has 1 atom stereocenters. The molecule has 10 nitrogen and oxygen atoms in total. The van der Waals surface area contributed by atoms with E-state index in [-0.39, 0.29) is 45.2 Å². The van der Waals surface area contributed by atoms with Gasteiger partial charge < -0.3 is 14.6 Å². The van der Waals surface area contributed by atoms with Gasteiger partial charge in [-0.25, -0.2) is 35.4 Å². The van der Waals surface area contributed by atoms with Gasteiger partial charge in [0, 0.05) is 13.3 Å². The lowest BCUT2D eigenvalue weighted by Crippen LogP contribution is -2.34. The van der Waals surface area contributed by atoms with Gasteiger partial charge in [0.1, 0.15) is 5.75 Å². The third kappa shape index (κ3) is 57.6. The summed E-state index contributed by atoms with van der Waals surface area (Å²) in [7, 11) is 0. The quantitative estimate of drug-likeness (QED) is 0.120. The Labute approximate surface area is 256 Å². The zero-order valence-corrected chi connectivity index (χ0v) is 25.7. The lowest BCUT2D eigenvalue weighted by atomic mass is 10.1. The number of hydrogen-bond acceptors (Lipinski definition) is 3. The largest absolute Gasteiger partial charge is 0.478 e. The van der Waals surface area contributed by atoms with Crippen molar-refractivity contribution in [3.05, 3.63) is 90.6 Å². The monoisotopic (exact) mass is 597 g/mol. The number of aliphatic carboxylic acids is 1. The summed E-state index contributed by atoms with van der Waals surface area (Å²) in [6, 6.07) is 9.31. The van der Waals surface area contributed by atoms with Crippen LogP contribution in [0.1, 0.15) is 58.8 Å². The number of ether oxygens (including phenoxy) is 2. The molecule has 0 saturated heterocycles. The van der Waals surface area contributed by atoms with Crippen LogP contribution in [-0.2, 0) is 40.2 Å². The molecule has 0 aliphatic carbocycles. The highest BCUT2D eigenvalue weighted by molar-refractivity contribution is 5.85. The third-order valence-corrected chi connectivity index (χ3v) is 3.75. The second-order valence-corrected chi connectivity index (χ2v) is 7.29. The molecule has 241 valence electrons. The molecule has 1 unspecified atom stereocenters. The van der Waals surface area contributed by atoms with Gasteiger partial charge in [0.05, 0.1) is 51.5 Å². The molecule has 10 heteroatoms. The molecule has 0 aliphatic heterocycles. The summed E-state index contributed by atoms with van der Waals surface area (Å²) >= 11 is 0. The minimum absolute atomic E-state index is 0.114. The van der Waals surface area contributed by atoms with Crippen molar-refractivity contribution in [2.24, 2.45) is 0 Å². The Bertz CT molecular complexity index is 597. The Kier molecular flexibility index (Phi) is 60.6. The van der Waals surface area contributed by atoms with Crippen LogP contribution in [0.2, 0.25) is 0 Å². The van der Waals surface area contributed by atoms with Crippen molar-refractivity contribution in [1.29, 1.82) is 0 Å². The summed E-state index contributed by atoms with van der Waals surface area (Å²) in [6.45, 7) is 23.8. The van der Waals surface area contributed by atoms with Gasteiger partial charge in [0.25, 0.3) is 5.79 Å². The molecule has 0 aromatic heterocycles. The Morgan fingerprint density at radius 1 is 0.738 bits per heavy atom. The number of hydrogen-bond donors (Lipinski definition) is 1. The Morgan fingerprint density at radius 3 is 1.45 bits per heavy atom. The average molecular weight is 598 g/mol. The van der Waals surface area contributed by atoms with Crippen molar-refractivity contribution in [3.63, 3.8) is 0 Å². The van der Waals surface area contributed by atoms with E-state index in [1.165, 1.54) is 38.9 Å². The van der Waals surface area contributed by atoms with Gasteiger partial charge in [-0.2, -0.15) is 0 Å². The molecule has 0 heterocycles. The second-order valence-electron chi connectivity index (χ2n) is 7.29. The SMILES string of the molecule is [CH2]C(CCCCCCCC)(OC=C(C)C(=O)O)Oc1ccccc1.[CH2]C[O].[CH2]C[O].[CH2]C[O].[CH2]C[O].[CH2]C[O].[CH2]C[O]. The Hall–Kier alpha value is -2.21. The van der Waals surface area contributed by atoms with Crippen LogP contribution >= 0.6 is 0 Å². The van der Waals surface area contributed by atoms with E-state index in [1.807, 2.05) is 30.3 Å². The van der Waals surface area contributed by atoms with Crippen LogP contribution in [0.15, 0.2) is 42.2 Å². The lowest BCUT2D eigenvalue weighted by Gasteiger charge is -2.30. The van der Waals surface area contributed by atoms with Crippen molar-refractivity contribution in [1.82, 2.24) is 0 Å². The molecule has 42 heavy (non-hydrogen) atoms. The van der Waals surface area contributed by atoms with E-state index in [0.29, 0.717) is 12.2 Å². The van der Waals surface area contributed by atoms with Crippen LogP contribution in [0.5, 0.6) is 5.75 Å². The first-order valence-electron chi connectivity index (χ1n) is 13.4. The number of para-hydroxylation sites is 1. The van der Waals surface area contributed by atoms with E-state index >= 15 is 0 Å². The fraction of sp³-hybridized carbons (Fsp3) is 0.500. The van der Waals surface area contributed by atoms with Gasteiger partial charge >= 0.3 is 5.97 Å². The summed E-state index contributed by atoms with van der Waals surface area (Å²) in [5.41, 5.74) is 0.114. The van der Waals surface area contributed by atoms with Crippen LogP contribution in [0.25, 0.3) is 0 Å². The van der Waals surface area contributed by atoms with Crippen molar-refractivity contribution >= 4 is 5.97 Å². The van der Waals surface area contributed by atoms with Gasteiger partial charge in [0.2, 0.25) is 0 Å². The molecule has 1 N–H and O–H groups in total. The van der Waals surface area contributed by atoms with E-state index in [2.05, 4.69) is 55.4 Å². The van der Waals surface area contributed by atoms with Crippen LogP contribution in [0.3, 0.4) is 0 Å². The molecule has 0 aliphatic rings. The standard InChI is InChI=1S/C20H29O4.6C2H4O/c1-4-5-6-7-8-12-15-20(3,23-16-17(2)19(21)22)24-18-13-10-9-11-14-18;6*1-2-3/h9-11,13-14,16H,3-8,12,15H2,1-2H3,(H,21,22);6*1-2H2. The summed E-state index contributed by atoms with van der Waals surface area (Å²) in [5.74, 6) is -1.49. The molecule has 13 radical (unpaired) electrons. The van der Waals surface area contributed by atoms with Crippen LogP contribution in [0, 0.1) is 48.5 Å². The summed E-state index contributed by atoms with van der Waals surface area (Å²) in [5, 5.41) is 61.9. The summed E-state index contributed by atoms with van der Waals surface area (Å²) in [4.78, 5) is 10.9. The Balaban J connectivity index is -0.000000148. The molecule has 0 bridgehead atoms. The number of carboxylic acids is 1. The molecule has 1 aromatic carbocycles. The maximum absolute atomic E-state index is 10.9. The number of rotatable bonds is 12. The molecular formula is C32H53O10. The fourth-order valence-electron chi connectivity index (χ4n) is 2.26. The minimum Gasteiger partial charge on any atom is -0.478 e. The van der Waals surface area contributed by atoms with E-state index in [9.17, 15) is 4.79 Å². The number of unbranched alkanes of at least 4 members (excludes halogenated alkanes) is 5. The second kappa shape index (κ2) is 48.5. The zero-order valence-electron chi connectivity index (χ0n) is 25.7. The first-order chi connectivity index (χ1) is 20.0. The molecule has 0 amide bonds. The van der Waals surface area contributed by atoms with E-state index < -0.39 is 11.8 Å². The average Bonchev–Trinajstić information content (AvgIpc) is 2.93. The molecular weight excluding hydrogens is 544 g/mol. The first-order valence-corrected chi connectivity index (χ1v) is 13.4. The topological polar surface area (TPSA) is 175 Å². The van der Waals surface area contributed by atoms with E-state index in [1.54, 1.807) is 0 Å². The molecule has 0 saturated carbocycles. The van der Waals surface area contributed by atoms with Gasteiger partial charge in [-0.15, -0.1) is 0 Å². The van der Waals surface area contributed by atoms with Crippen LogP contribution in [-0.4, -0.2) is 56.5 Å². The highest BCUT2D eigenvalue weighted by Gasteiger charge is 2.27. The number of carboxylic acid groups (broad SMARTS) is 1. The van der Waals surface area contributed by atoms with Gasteiger partial charge in [-0.1, -0.05) is 57.2 Å². The lowest BCUT2D eigenvalue weighted by molar-refractivity contribution is -0.134. The summed E-state index contributed by atoms with van der Waals surface area (Å²) < 4.78 is 11.5. The summed E-state index contributed by atoms with van der Waals surface area (Å²) in [6.07, 6.45) is 8.71. The predicted molar refractivity (Wildman–Crippen MR) is 161 cm³/mol. The van der Waals surface area contributed by atoms with Crippen molar-refractivity contribution in [3.8, 4) is 5.75 Å². The molecule has 0 spiro atoms. The highest BCUT2D eigenvalue weighted by Crippen LogP contribution is 2.25. The van der Waals surface area contributed by atoms with Crippen LogP contribution < -0.4 is 4.74 Å². The zero-order chi connectivity index (χ0) is 34.1. The predicted octanol–water partition coefficient (Wildman–Crippen LogP) is 6.86. The third-order valence-electron chi connectivity index (χ3n) is 3.75. The van der Waals surface area contributed by atoms with Crippen molar-refractivity contribution < 1.29 is 50.0 Å². The highest BCUT2D eigenvalue weighted by atomic mass is 16.7. The van der Waals surface area contributed by atoms with Gasteiger partial charge in [0.15, 0.2) is 0 Å². The van der Waals surface area contributed by atoms with Gasteiger partial charge in [-0.3, -0.25) is 0 Å². The van der Waals surface area contributed by atoms with Gasteiger partial charge in [-0.05, 0) is 67.0 Å². The molecule has 1 aromatic rings. The van der Waals surface area contributed by atoms with Crippen molar-refractivity contribution in [2.75, 3.05) is 39.6 Å². The maximum Gasteiger partial charge on any atom is 0.334 e. The van der Waals surface area contributed by atoms with Crippen LogP contribution in [0.4, 0.5) is 0 Å². The molecule has 0 fully saturated rings. The van der Waals surface area contributed by atoms with E-state index in [4.69, 9.17) is 45.2 Å². The minimum atomic E-state index is -1.12. The normalized spacial score (nSPS) is 10.6. The number of carbonyl (C=O) groups is 1. The first kappa shape index (κ1) is 52.4. The number of benzene rings is 1. The van der Waals surface area contributed by atoms with Crippen molar-refractivity contribution in [2.45, 2.75) is 64.6 Å². The fourth-order valence-corrected chi connectivity index (χ4v) is 2.26. The maximum atomic E-state index is 10.9. The Morgan fingerprint density at radius 2 is 1.10 bits per heavy atom. The molecule has 1 rings (SSSR count). The smallest absolute Gasteiger partial charge is 0.334 e.